The zero-order valence-corrected chi connectivity index (χ0v) is 8.10. The minimum Gasteiger partial charge on any atom is -0.504 e. The molecule has 0 unspecified atom stereocenters. The molecule has 0 bridgehead atoms. The molecule has 92 valence electrons. The van der Waals surface area contributed by atoms with Crippen LogP contribution < -0.4 is 9.47 Å². The van der Waals surface area contributed by atoms with Crippen LogP contribution in [0.3, 0.4) is 0 Å². The van der Waals surface area contributed by atoms with Crippen LogP contribution in [0.25, 0.3) is 0 Å². The SMILES string of the molecule is [B]C(O)(O)Oc1cc(OC(F)(F)F)ccc1O. The quantitative estimate of drug-likeness (QED) is 0.535. The Morgan fingerprint density at radius 2 is 1.71 bits per heavy atom. The van der Waals surface area contributed by atoms with Gasteiger partial charge in [-0.2, -0.15) is 0 Å². The summed E-state index contributed by atoms with van der Waals surface area (Å²) in [6.45, 7) is 0. The highest BCUT2D eigenvalue weighted by atomic mass is 19.4. The largest absolute Gasteiger partial charge is 0.573 e. The number of phenols is 1. The minimum absolute atomic E-state index is 0.594. The number of benzene rings is 1. The second-order valence-electron chi connectivity index (χ2n) is 2.94. The number of aromatic hydroxyl groups is 1. The summed E-state index contributed by atoms with van der Waals surface area (Å²) in [5.74, 6) is -5.17. The van der Waals surface area contributed by atoms with E-state index in [0.29, 0.717) is 6.07 Å². The molecule has 5 nitrogen and oxygen atoms in total. The Hall–Kier alpha value is -1.61. The van der Waals surface area contributed by atoms with Crippen molar-refractivity contribution >= 4 is 7.85 Å². The molecule has 1 rings (SSSR count). The van der Waals surface area contributed by atoms with Gasteiger partial charge in [-0.25, -0.2) is 0 Å². The molecule has 0 spiro atoms. The van der Waals surface area contributed by atoms with E-state index in [0.717, 1.165) is 12.1 Å². The van der Waals surface area contributed by atoms with Gasteiger partial charge in [0.05, 0.1) is 0 Å². The van der Waals surface area contributed by atoms with Crippen LogP contribution in [-0.2, 0) is 0 Å². The zero-order chi connectivity index (χ0) is 13.3. The number of hydrogen-bond acceptors (Lipinski definition) is 5. The fraction of sp³-hybridized carbons (Fsp3) is 0.250. The standard InChI is InChI=1S/C8H6BF3O5/c9-7(14,15)17-6-3-4(1-2-5(6)13)16-8(10,11)12/h1-3,13-15H. The first-order valence-electron chi connectivity index (χ1n) is 4.08. The highest BCUT2D eigenvalue weighted by Gasteiger charge is 2.31. The smallest absolute Gasteiger partial charge is 0.504 e. The molecule has 1 aromatic carbocycles. The number of ether oxygens (including phenoxy) is 2. The fourth-order valence-corrected chi connectivity index (χ4v) is 0.935. The molecular weight excluding hydrogens is 244 g/mol. The predicted octanol–water partition coefficient (Wildman–Crippen LogP) is 0.434. The molecule has 3 N–H and O–H groups in total. The number of alkyl halides is 3. The topological polar surface area (TPSA) is 79.2 Å². The Morgan fingerprint density at radius 3 is 2.18 bits per heavy atom. The molecule has 0 aliphatic heterocycles. The molecule has 0 fully saturated rings. The lowest BCUT2D eigenvalue weighted by atomic mass is 10.1. The summed E-state index contributed by atoms with van der Waals surface area (Å²) in [6, 6.07) is 2.21. The van der Waals surface area contributed by atoms with E-state index in [9.17, 15) is 13.2 Å². The highest BCUT2D eigenvalue weighted by molar-refractivity contribution is 6.12. The number of rotatable bonds is 3. The molecule has 0 heterocycles. The highest BCUT2D eigenvalue weighted by Crippen LogP contribution is 2.33. The molecule has 0 saturated heterocycles. The monoisotopic (exact) mass is 250 g/mol. The summed E-state index contributed by atoms with van der Waals surface area (Å²) in [5.41, 5.74) is 0. The first-order valence-corrected chi connectivity index (χ1v) is 4.08. The van der Waals surface area contributed by atoms with Crippen LogP contribution in [0.5, 0.6) is 17.2 Å². The van der Waals surface area contributed by atoms with E-state index < -0.39 is 29.5 Å². The third-order valence-corrected chi connectivity index (χ3v) is 1.43. The zero-order valence-electron chi connectivity index (χ0n) is 8.10. The molecular formula is C8H6BF3O5. The van der Waals surface area contributed by atoms with Crippen molar-refractivity contribution in [2.75, 3.05) is 0 Å². The van der Waals surface area contributed by atoms with E-state index >= 15 is 0 Å². The molecule has 17 heavy (non-hydrogen) atoms. The van der Waals surface area contributed by atoms with Gasteiger partial charge in [-0.15, -0.1) is 13.2 Å². The number of aliphatic hydroxyl groups is 2. The molecule has 0 amide bonds. The van der Waals surface area contributed by atoms with Crippen molar-refractivity contribution < 1.29 is 38.0 Å². The first-order chi connectivity index (χ1) is 7.57. The Morgan fingerprint density at radius 1 is 1.12 bits per heavy atom. The van der Waals surface area contributed by atoms with Crippen molar-refractivity contribution in [1.82, 2.24) is 0 Å². The van der Waals surface area contributed by atoms with E-state index in [4.69, 9.17) is 15.3 Å². The van der Waals surface area contributed by atoms with Crippen molar-refractivity contribution in [1.29, 1.82) is 0 Å². The number of phenolic OH excluding ortho intramolecular Hbond substituents is 1. The molecule has 0 aliphatic rings. The lowest BCUT2D eigenvalue weighted by molar-refractivity contribution is -0.274. The van der Waals surface area contributed by atoms with Crippen molar-refractivity contribution in [2.45, 2.75) is 12.2 Å². The maximum atomic E-state index is 11.9. The predicted molar refractivity (Wildman–Crippen MR) is 48.3 cm³/mol. The van der Waals surface area contributed by atoms with Gasteiger partial charge in [0.1, 0.15) is 5.75 Å². The Kier molecular flexibility index (Phi) is 3.44. The Balaban J connectivity index is 2.95. The van der Waals surface area contributed by atoms with Crippen LogP contribution in [-0.4, -0.2) is 35.4 Å². The summed E-state index contributed by atoms with van der Waals surface area (Å²) in [6.07, 6.45) is -4.92. The van der Waals surface area contributed by atoms with Gasteiger partial charge < -0.3 is 24.8 Å². The van der Waals surface area contributed by atoms with Gasteiger partial charge in [-0.3, -0.25) is 0 Å². The molecule has 9 heteroatoms. The van der Waals surface area contributed by atoms with Crippen LogP contribution in [0.2, 0.25) is 0 Å². The van der Waals surface area contributed by atoms with Gasteiger partial charge >= 0.3 is 6.36 Å². The van der Waals surface area contributed by atoms with Crippen molar-refractivity contribution in [3.8, 4) is 17.2 Å². The molecule has 1 aromatic rings. The van der Waals surface area contributed by atoms with Crippen LogP contribution >= 0.6 is 0 Å². The van der Waals surface area contributed by atoms with Gasteiger partial charge in [0, 0.05) is 6.07 Å². The van der Waals surface area contributed by atoms with Gasteiger partial charge in [-0.1, -0.05) is 0 Å². The van der Waals surface area contributed by atoms with Crippen molar-refractivity contribution in [3.05, 3.63) is 18.2 Å². The van der Waals surface area contributed by atoms with Crippen LogP contribution in [0.1, 0.15) is 0 Å². The van der Waals surface area contributed by atoms with Gasteiger partial charge in [-0.05, 0) is 12.1 Å². The van der Waals surface area contributed by atoms with Gasteiger partial charge in [0.2, 0.25) is 7.85 Å². The number of hydrogen-bond donors (Lipinski definition) is 3. The Labute approximate surface area is 94.4 Å². The van der Waals surface area contributed by atoms with E-state index in [1.807, 2.05) is 0 Å². The third kappa shape index (κ3) is 4.83. The lowest BCUT2D eigenvalue weighted by Gasteiger charge is -2.20. The number of halogens is 3. The van der Waals surface area contributed by atoms with Crippen molar-refractivity contribution in [2.24, 2.45) is 0 Å². The second-order valence-corrected chi connectivity index (χ2v) is 2.94. The van der Waals surface area contributed by atoms with E-state index in [1.54, 1.807) is 0 Å². The van der Waals surface area contributed by atoms with Crippen molar-refractivity contribution in [3.63, 3.8) is 0 Å². The summed E-state index contributed by atoms with van der Waals surface area (Å²) >= 11 is 0. The Bertz CT molecular complexity index is 401. The van der Waals surface area contributed by atoms with E-state index in [2.05, 4.69) is 17.3 Å². The molecule has 0 aromatic heterocycles. The first kappa shape index (κ1) is 13.5. The normalized spacial score (nSPS) is 12.3. The van der Waals surface area contributed by atoms with Gasteiger partial charge in [0.25, 0.3) is 5.87 Å². The van der Waals surface area contributed by atoms with E-state index in [-0.39, 0.29) is 0 Å². The second kappa shape index (κ2) is 4.34. The third-order valence-electron chi connectivity index (χ3n) is 1.43. The molecule has 0 aliphatic carbocycles. The van der Waals surface area contributed by atoms with Crippen LogP contribution in [0.4, 0.5) is 13.2 Å². The molecule has 0 saturated carbocycles. The average molecular weight is 250 g/mol. The minimum atomic E-state index is -4.92. The van der Waals surface area contributed by atoms with Crippen LogP contribution in [0, 0.1) is 0 Å². The average Bonchev–Trinajstić information content (AvgIpc) is 2.05. The summed E-state index contributed by atoms with van der Waals surface area (Å²) in [5, 5.41) is 26.5. The molecule has 2 radical (unpaired) electrons. The lowest BCUT2D eigenvalue weighted by Crippen LogP contribution is -2.35. The maximum Gasteiger partial charge on any atom is 0.573 e. The molecule has 0 atom stereocenters. The summed E-state index contributed by atoms with van der Waals surface area (Å²) in [4.78, 5) is 0. The van der Waals surface area contributed by atoms with Gasteiger partial charge in [0.15, 0.2) is 11.5 Å². The summed E-state index contributed by atoms with van der Waals surface area (Å²) in [7, 11) is 4.63. The van der Waals surface area contributed by atoms with E-state index in [1.165, 1.54) is 0 Å². The maximum absolute atomic E-state index is 11.9. The van der Waals surface area contributed by atoms with Crippen LogP contribution in [0.15, 0.2) is 18.2 Å². The summed E-state index contributed by atoms with van der Waals surface area (Å²) < 4.78 is 43.3. The fourth-order valence-electron chi connectivity index (χ4n) is 0.935.